The molecule has 0 unspecified atom stereocenters. The van der Waals surface area contributed by atoms with E-state index < -0.39 is 23.3 Å². The summed E-state index contributed by atoms with van der Waals surface area (Å²) >= 11 is 5.76. The highest BCUT2D eigenvalue weighted by Gasteiger charge is 2.40. The number of rotatable bonds is 4. The van der Waals surface area contributed by atoms with Gasteiger partial charge in [0.25, 0.3) is 5.91 Å². The number of pyridine rings is 1. The molecule has 1 aliphatic rings. The van der Waals surface area contributed by atoms with Crippen molar-refractivity contribution in [1.29, 1.82) is 0 Å². The molecule has 0 atom stereocenters. The fourth-order valence-electron chi connectivity index (χ4n) is 2.81. The normalized spacial score (nSPS) is 12.8. The quantitative estimate of drug-likeness (QED) is 0.647. The van der Waals surface area contributed by atoms with E-state index in [2.05, 4.69) is 15.4 Å². The van der Waals surface area contributed by atoms with Crippen LogP contribution in [-0.4, -0.2) is 27.5 Å². The van der Waals surface area contributed by atoms with Gasteiger partial charge in [-0.15, -0.1) is 0 Å². The van der Waals surface area contributed by atoms with Crippen LogP contribution in [0.4, 0.5) is 13.2 Å². The summed E-state index contributed by atoms with van der Waals surface area (Å²) in [6, 6.07) is 9.15. The Morgan fingerprint density at radius 3 is 2.76 bits per heavy atom. The van der Waals surface area contributed by atoms with Gasteiger partial charge in [-0.3, -0.25) is 4.79 Å². The van der Waals surface area contributed by atoms with Crippen LogP contribution < -0.4 is 14.8 Å². The van der Waals surface area contributed by atoms with Crippen molar-refractivity contribution in [3.8, 4) is 17.3 Å². The lowest BCUT2D eigenvalue weighted by Crippen LogP contribution is -2.26. The summed E-state index contributed by atoms with van der Waals surface area (Å²) in [5, 5.41) is 6.16. The van der Waals surface area contributed by atoms with Crippen molar-refractivity contribution < 1.29 is 27.4 Å². The van der Waals surface area contributed by atoms with Gasteiger partial charge in [0.1, 0.15) is 5.15 Å². The lowest BCUT2D eigenvalue weighted by molar-refractivity contribution is -0.143. The minimum atomic E-state index is -4.84. The molecule has 3 heterocycles. The molecular weight excluding hydrogens is 413 g/mol. The second-order valence-electron chi connectivity index (χ2n) is 6.01. The van der Waals surface area contributed by atoms with Crippen LogP contribution in [0, 0.1) is 0 Å². The van der Waals surface area contributed by atoms with Crippen molar-refractivity contribution in [2.75, 3.05) is 6.79 Å². The van der Waals surface area contributed by atoms with Crippen LogP contribution in [0.25, 0.3) is 5.82 Å². The van der Waals surface area contributed by atoms with Gasteiger partial charge in [-0.1, -0.05) is 23.7 Å². The molecule has 1 aromatic carbocycles. The fourth-order valence-corrected chi connectivity index (χ4v) is 2.96. The highest BCUT2D eigenvalue weighted by atomic mass is 35.5. The molecule has 1 N–H and O–H groups in total. The van der Waals surface area contributed by atoms with Crippen molar-refractivity contribution in [3.05, 3.63) is 64.6 Å². The molecule has 0 spiro atoms. The molecule has 0 bridgehead atoms. The number of hydrogen-bond acceptors (Lipinski definition) is 5. The minimum absolute atomic E-state index is 0.0000610. The summed E-state index contributed by atoms with van der Waals surface area (Å²) in [4.78, 5) is 16.3. The molecule has 4 rings (SSSR count). The molecule has 11 heteroatoms. The summed E-state index contributed by atoms with van der Waals surface area (Å²) < 4.78 is 52.0. The largest absolute Gasteiger partial charge is 0.454 e. The van der Waals surface area contributed by atoms with E-state index in [-0.39, 0.29) is 24.3 Å². The highest BCUT2D eigenvalue weighted by molar-refractivity contribution is 6.29. The number of fused-ring (bicyclic) bond motifs is 1. The van der Waals surface area contributed by atoms with Crippen LogP contribution in [-0.2, 0) is 12.7 Å². The summed E-state index contributed by atoms with van der Waals surface area (Å²) in [6.07, 6.45) is -3.99. The molecular formula is C18H12ClF3N4O3. The predicted molar refractivity (Wildman–Crippen MR) is 95.1 cm³/mol. The Kier molecular flexibility index (Phi) is 4.79. The Balaban J connectivity index is 1.60. The maximum atomic E-state index is 13.7. The summed E-state index contributed by atoms with van der Waals surface area (Å²) in [7, 11) is 0. The van der Waals surface area contributed by atoms with Gasteiger partial charge in [0.15, 0.2) is 23.0 Å². The number of hydrogen-bond donors (Lipinski definition) is 1. The van der Waals surface area contributed by atoms with E-state index in [0.717, 1.165) is 6.20 Å². The standard InChI is InChI=1S/C18H12ClF3N4O3/c19-14-2-1-3-15(25-14)26-16(18(20,21)22)11(8-24-26)17(27)23-7-10-4-5-12-13(6-10)29-9-28-12/h1-6,8H,7,9H2,(H,23,27). The fraction of sp³-hybridized carbons (Fsp3) is 0.167. The first kappa shape index (κ1) is 19.1. The number of nitrogens with zero attached hydrogens (tertiary/aromatic N) is 3. The Morgan fingerprint density at radius 1 is 1.21 bits per heavy atom. The average Bonchev–Trinajstić information content (AvgIpc) is 3.32. The third-order valence-corrected chi connectivity index (χ3v) is 4.30. The van der Waals surface area contributed by atoms with Gasteiger partial charge in [0.05, 0.1) is 11.8 Å². The van der Waals surface area contributed by atoms with Gasteiger partial charge in [-0.2, -0.15) is 18.3 Å². The molecule has 29 heavy (non-hydrogen) atoms. The number of aromatic nitrogens is 3. The van der Waals surface area contributed by atoms with Gasteiger partial charge < -0.3 is 14.8 Å². The van der Waals surface area contributed by atoms with Crippen LogP contribution in [0.1, 0.15) is 21.6 Å². The van der Waals surface area contributed by atoms with Crippen LogP contribution in [0.15, 0.2) is 42.6 Å². The maximum absolute atomic E-state index is 13.7. The van der Waals surface area contributed by atoms with Gasteiger partial charge in [0, 0.05) is 6.54 Å². The summed E-state index contributed by atoms with van der Waals surface area (Å²) in [5.41, 5.74) is -1.23. The number of carbonyl (C=O) groups excluding carboxylic acids is 1. The summed E-state index contributed by atoms with van der Waals surface area (Å²) in [6.45, 7) is 0.0875. The number of amides is 1. The zero-order valence-electron chi connectivity index (χ0n) is 14.5. The molecule has 0 saturated carbocycles. The van der Waals surface area contributed by atoms with E-state index in [9.17, 15) is 18.0 Å². The van der Waals surface area contributed by atoms with Gasteiger partial charge in [-0.25, -0.2) is 9.67 Å². The molecule has 0 aliphatic carbocycles. The van der Waals surface area contributed by atoms with E-state index in [0.29, 0.717) is 21.7 Å². The average molecular weight is 425 g/mol. The van der Waals surface area contributed by atoms with Crippen molar-refractivity contribution in [2.45, 2.75) is 12.7 Å². The van der Waals surface area contributed by atoms with Gasteiger partial charge in [0.2, 0.25) is 6.79 Å². The SMILES string of the molecule is O=C(NCc1ccc2c(c1)OCO2)c1cnn(-c2cccc(Cl)n2)c1C(F)(F)F. The van der Waals surface area contributed by atoms with E-state index in [1.54, 1.807) is 18.2 Å². The van der Waals surface area contributed by atoms with Crippen LogP contribution in [0.2, 0.25) is 5.15 Å². The van der Waals surface area contributed by atoms with Crippen molar-refractivity contribution in [2.24, 2.45) is 0 Å². The van der Waals surface area contributed by atoms with Crippen molar-refractivity contribution in [3.63, 3.8) is 0 Å². The topological polar surface area (TPSA) is 78.3 Å². The van der Waals surface area contributed by atoms with Crippen molar-refractivity contribution in [1.82, 2.24) is 20.1 Å². The van der Waals surface area contributed by atoms with Crippen molar-refractivity contribution >= 4 is 17.5 Å². The summed E-state index contributed by atoms with van der Waals surface area (Å²) in [5.74, 6) is -0.00905. The molecule has 0 fully saturated rings. The third kappa shape index (κ3) is 3.83. The maximum Gasteiger partial charge on any atom is 0.434 e. The molecule has 0 radical (unpaired) electrons. The Bertz CT molecular complexity index is 1080. The van der Waals surface area contributed by atoms with E-state index in [1.165, 1.54) is 18.2 Å². The number of benzene rings is 1. The molecule has 3 aromatic rings. The van der Waals surface area contributed by atoms with Crippen LogP contribution >= 0.6 is 11.6 Å². The number of ether oxygens (including phenoxy) is 2. The number of alkyl halides is 3. The Morgan fingerprint density at radius 2 is 2.00 bits per heavy atom. The highest BCUT2D eigenvalue weighted by Crippen LogP contribution is 2.34. The zero-order chi connectivity index (χ0) is 20.6. The Labute approximate surface area is 167 Å². The Hall–Kier alpha value is -3.27. The number of carbonyl (C=O) groups is 1. The third-order valence-electron chi connectivity index (χ3n) is 4.09. The lowest BCUT2D eigenvalue weighted by Gasteiger charge is -2.12. The van der Waals surface area contributed by atoms with E-state index in [1.807, 2.05) is 0 Å². The molecule has 2 aromatic heterocycles. The van der Waals surface area contributed by atoms with E-state index >= 15 is 0 Å². The molecule has 1 amide bonds. The second-order valence-corrected chi connectivity index (χ2v) is 6.39. The monoisotopic (exact) mass is 424 g/mol. The molecule has 150 valence electrons. The van der Waals surface area contributed by atoms with Crippen LogP contribution in [0.3, 0.4) is 0 Å². The molecule has 7 nitrogen and oxygen atoms in total. The van der Waals surface area contributed by atoms with Gasteiger partial charge in [-0.05, 0) is 29.8 Å². The minimum Gasteiger partial charge on any atom is -0.454 e. The lowest BCUT2D eigenvalue weighted by atomic mass is 10.2. The number of halogens is 4. The first-order chi connectivity index (χ1) is 13.8. The zero-order valence-corrected chi connectivity index (χ0v) is 15.3. The first-order valence-electron chi connectivity index (χ1n) is 8.28. The van der Waals surface area contributed by atoms with E-state index in [4.69, 9.17) is 21.1 Å². The first-order valence-corrected chi connectivity index (χ1v) is 8.65. The smallest absolute Gasteiger partial charge is 0.434 e. The second kappa shape index (κ2) is 7.28. The van der Waals surface area contributed by atoms with Crippen LogP contribution in [0.5, 0.6) is 11.5 Å². The predicted octanol–water partition coefficient (Wildman–Crippen LogP) is 3.60. The van der Waals surface area contributed by atoms with Gasteiger partial charge >= 0.3 is 6.18 Å². The molecule has 0 saturated heterocycles. The number of nitrogens with one attached hydrogen (secondary N) is 1. The molecule has 1 aliphatic heterocycles.